The van der Waals surface area contributed by atoms with E-state index in [1.54, 1.807) is 7.11 Å². The van der Waals surface area contributed by atoms with Crippen LogP contribution >= 0.6 is 0 Å². The van der Waals surface area contributed by atoms with E-state index >= 15 is 0 Å². The quantitative estimate of drug-likeness (QED) is 0.544. The van der Waals surface area contributed by atoms with Gasteiger partial charge in [-0.2, -0.15) is 0 Å². The normalized spacial score (nSPS) is 11.3. The second kappa shape index (κ2) is 9.07. The third-order valence-corrected chi connectivity index (χ3v) is 4.32. The number of benzene rings is 2. The molecule has 0 atom stereocenters. The van der Waals surface area contributed by atoms with Gasteiger partial charge >= 0.3 is 5.97 Å². The van der Waals surface area contributed by atoms with Crippen LogP contribution in [0.25, 0.3) is 11.1 Å². The monoisotopic (exact) mass is 368 g/mol. The SMILES string of the molecule is CCCc1cc(CCC)c(OC)c(-c2ccccc2C(=O)OC(C)(C)C)c1. The maximum absolute atomic E-state index is 12.8. The number of methoxy groups -OCH3 is 1. The van der Waals surface area contributed by atoms with Gasteiger partial charge in [-0.15, -0.1) is 0 Å². The van der Waals surface area contributed by atoms with Crippen molar-refractivity contribution in [1.29, 1.82) is 0 Å². The first-order valence-electron chi connectivity index (χ1n) is 9.83. The van der Waals surface area contributed by atoms with Crippen LogP contribution in [0.1, 0.15) is 68.9 Å². The molecule has 2 aromatic carbocycles. The summed E-state index contributed by atoms with van der Waals surface area (Å²) in [5, 5.41) is 0. The first-order valence-corrected chi connectivity index (χ1v) is 9.83. The highest BCUT2D eigenvalue weighted by Crippen LogP contribution is 2.38. The molecule has 0 aliphatic rings. The fourth-order valence-electron chi connectivity index (χ4n) is 3.31. The molecule has 0 N–H and O–H groups in total. The molecule has 0 unspecified atom stereocenters. The molecular formula is C24H32O3. The van der Waals surface area contributed by atoms with Crippen LogP contribution in [0, 0.1) is 0 Å². The van der Waals surface area contributed by atoms with Gasteiger partial charge in [-0.05, 0) is 62.4 Å². The van der Waals surface area contributed by atoms with Crippen LogP contribution in [-0.2, 0) is 17.6 Å². The number of aryl methyl sites for hydroxylation is 2. The van der Waals surface area contributed by atoms with Crippen molar-refractivity contribution in [2.75, 3.05) is 7.11 Å². The maximum atomic E-state index is 12.8. The molecule has 0 heterocycles. The second-order valence-corrected chi connectivity index (χ2v) is 7.88. The van der Waals surface area contributed by atoms with Crippen LogP contribution in [-0.4, -0.2) is 18.7 Å². The Bertz CT molecular complexity index is 785. The van der Waals surface area contributed by atoms with Crippen LogP contribution in [0.15, 0.2) is 36.4 Å². The Morgan fingerprint density at radius 1 is 0.963 bits per heavy atom. The van der Waals surface area contributed by atoms with Crippen LogP contribution in [0.3, 0.4) is 0 Å². The summed E-state index contributed by atoms with van der Waals surface area (Å²) in [7, 11) is 1.70. The highest BCUT2D eigenvalue weighted by Gasteiger charge is 2.23. The fourth-order valence-corrected chi connectivity index (χ4v) is 3.31. The van der Waals surface area contributed by atoms with Gasteiger partial charge in [-0.3, -0.25) is 0 Å². The lowest BCUT2D eigenvalue weighted by atomic mass is 9.92. The van der Waals surface area contributed by atoms with Gasteiger partial charge in [0.2, 0.25) is 0 Å². The van der Waals surface area contributed by atoms with Crippen LogP contribution in [0.2, 0.25) is 0 Å². The van der Waals surface area contributed by atoms with E-state index in [0.29, 0.717) is 5.56 Å². The smallest absolute Gasteiger partial charge is 0.339 e. The summed E-state index contributed by atoms with van der Waals surface area (Å²) in [5.74, 6) is 0.547. The lowest BCUT2D eigenvalue weighted by Gasteiger charge is -2.22. The molecule has 146 valence electrons. The predicted octanol–water partition coefficient (Wildman–Crippen LogP) is 6.22. The zero-order valence-electron chi connectivity index (χ0n) is 17.5. The van der Waals surface area contributed by atoms with Crippen molar-refractivity contribution in [2.24, 2.45) is 0 Å². The van der Waals surface area contributed by atoms with Gasteiger partial charge in [0.15, 0.2) is 0 Å². The Kier molecular flexibility index (Phi) is 7.06. The predicted molar refractivity (Wildman–Crippen MR) is 112 cm³/mol. The van der Waals surface area contributed by atoms with E-state index in [9.17, 15) is 4.79 Å². The van der Waals surface area contributed by atoms with Gasteiger partial charge in [-0.1, -0.05) is 51.0 Å². The van der Waals surface area contributed by atoms with Crippen molar-refractivity contribution in [3.8, 4) is 16.9 Å². The minimum Gasteiger partial charge on any atom is -0.496 e. The minimum atomic E-state index is -0.536. The Morgan fingerprint density at radius 3 is 2.22 bits per heavy atom. The highest BCUT2D eigenvalue weighted by molar-refractivity contribution is 5.98. The van der Waals surface area contributed by atoms with Crippen molar-refractivity contribution in [1.82, 2.24) is 0 Å². The van der Waals surface area contributed by atoms with E-state index in [-0.39, 0.29) is 5.97 Å². The van der Waals surface area contributed by atoms with E-state index in [1.807, 2.05) is 45.0 Å². The Morgan fingerprint density at radius 2 is 1.63 bits per heavy atom. The first kappa shape index (κ1) is 21.0. The molecule has 3 nitrogen and oxygen atoms in total. The molecule has 0 aromatic heterocycles. The molecule has 2 aromatic rings. The topological polar surface area (TPSA) is 35.5 Å². The van der Waals surface area contributed by atoms with Gasteiger partial charge < -0.3 is 9.47 Å². The number of esters is 1. The molecule has 27 heavy (non-hydrogen) atoms. The molecule has 0 fully saturated rings. The summed E-state index contributed by atoms with van der Waals surface area (Å²) < 4.78 is 11.4. The third kappa shape index (κ3) is 5.35. The van der Waals surface area contributed by atoms with Gasteiger partial charge in [-0.25, -0.2) is 4.79 Å². The first-order chi connectivity index (χ1) is 12.8. The van der Waals surface area contributed by atoms with E-state index in [4.69, 9.17) is 9.47 Å². The van der Waals surface area contributed by atoms with Gasteiger partial charge in [0, 0.05) is 5.56 Å². The highest BCUT2D eigenvalue weighted by atomic mass is 16.6. The summed E-state index contributed by atoms with van der Waals surface area (Å²) in [6, 6.07) is 12.0. The largest absolute Gasteiger partial charge is 0.496 e. The van der Waals surface area contributed by atoms with Crippen molar-refractivity contribution >= 4 is 5.97 Å². The van der Waals surface area contributed by atoms with Crippen molar-refractivity contribution in [3.05, 3.63) is 53.1 Å². The Labute approximate surface area is 163 Å². The summed E-state index contributed by atoms with van der Waals surface area (Å²) in [6.07, 6.45) is 4.06. The molecule has 0 spiro atoms. The zero-order valence-corrected chi connectivity index (χ0v) is 17.5. The van der Waals surface area contributed by atoms with Crippen LogP contribution in [0.5, 0.6) is 5.75 Å². The number of hydrogen-bond donors (Lipinski definition) is 0. The molecule has 0 aliphatic heterocycles. The molecule has 0 bridgehead atoms. The lowest BCUT2D eigenvalue weighted by Crippen LogP contribution is -2.24. The molecule has 0 saturated heterocycles. The van der Waals surface area contributed by atoms with E-state index in [2.05, 4.69) is 26.0 Å². The maximum Gasteiger partial charge on any atom is 0.339 e. The molecule has 2 rings (SSSR count). The fraction of sp³-hybridized carbons (Fsp3) is 0.458. The number of ether oxygens (including phenoxy) is 2. The molecule has 0 saturated carbocycles. The number of rotatable bonds is 7. The van der Waals surface area contributed by atoms with Gasteiger partial charge in [0.05, 0.1) is 12.7 Å². The summed E-state index contributed by atoms with van der Waals surface area (Å²) in [6.45, 7) is 10.00. The van der Waals surface area contributed by atoms with Crippen molar-refractivity contribution in [2.45, 2.75) is 65.9 Å². The third-order valence-electron chi connectivity index (χ3n) is 4.32. The van der Waals surface area contributed by atoms with Crippen molar-refractivity contribution in [3.63, 3.8) is 0 Å². The Balaban J connectivity index is 2.65. The van der Waals surface area contributed by atoms with E-state index in [0.717, 1.165) is 42.6 Å². The number of carbonyl (C=O) groups excluding carboxylic acids is 1. The molecule has 3 heteroatoms. The summed E-state index contributed by atoms with van der Waals surface area (Å²) >= 11 is 0. The molecule has 0 amide bonds. The average molecular weight is 369 g/mol. The Hall–Kier alpha value is -2.29. The summed E-state index contributed by atoms with van der Waals surface area (Å²) in [5.41, 5.74) is 4.33. The lowest BCUT2D eigenvalue weighted by molar-refractivity contribution is 0.00704. The van der Waals surface area contributed by atoms with Gasteiger partial charge in [0.25, 0.3) is 0 Å². The standard InChI is InChI=1S/C24H32O3/c1-7-11-17-15-18(12-8-2)22(26-6)21(16-17)19-13-9-10-14-20(19)23(25)27-24(3,4)5/h9-10,13-16H,7-8,11-12H2,1-6H3. The average Bonchev–Trinajstić information content (AvgIpc) is 2.60. The van der Waals surface area contributed by atoms with E-state index < -0.39 is 5.60 Å². The molecule has 0 radical (unpaired) electrons. The summed E-state index contributed by atoms with van der Waals surface area (Å²) in [4.78, 5) is 12.8. The molecule has 0 aliphatic carbocycles. The second-order valence-electron chi connectivity index (χ2n) is 7.88. The zero-order chi connectivity index (χ0) is 20.0. The minimum absolute atomic E-state index is 0.307. The van der Waals surface area contributed by atoms with Gasteiger partial charge in [0.1, 0.15) is 11.4 Å². The van der Waals surface area contributed by atoms with E-state index in [1.165, 1.54) is 11.1 Å². The molecular weight excluding hydrogens is 336 g/mol. The van der Waals surface area contributed by atoms with Crippen LogP contribution in [0.4, 0.5) is 0 Å². The van der Waals surface area contributed by atoms with Crippen LogP contribution < -0.4 is 4.74 Å². The van der Waals surface area contributed by atoms with Crippen molar-refractivity contribution < 1.29 is 14.3 Å². The number of hydrogen-bond acceptors (Lipinski definition) is 3. The number of carbonyl (C=O) groups is 1.